The van der Waals surface area contributed by atoms with Crippen LogP contribution in [-0.2, 0) is 0 Å². The van der Waals surface area contributed by atoms with Gasteiger partial charge < -0.3 is 8.83 Å². The molecule has 4 heterocycles. The Bertz CT molecular complexity index is 3200. The first-order valence-electron chi connectivity index (χ1n) is 22.5. The molecular formula is C58H44N6O2. The normalized spacial score (nSPS) is 16.0. The molecule has 0 radical (unpaired) electrons. The molecule has 0 spiro atoms. The van der Waals surface area contributed by atoms with Crippen molar-refractivity contribution < 1.29 is 8.83 Å². The van der Waals surface area contributed by atoms with Crippen LogP contribution in [0.25, 0.3) is 56.2 Å². The van der Waals surface area contributed by atoms with Crippen LogP contribution >= 0.6 is 0 Å². The summed E-state index contributed by atoms with van der Waals surface area (Å²) < 4.78 is 12.2. The average molecular weight is 857 g/mol. The fraction of sp³-hybridized carbons (Fsp3) is 0.103. The first kappa shape index (κ1) is 39.2. The Morgan fingerprint density at radius 3 is 1.15 bits per heavy atom. The highest BCUT2D eigenvalue weighted by Gasteiger charge is 2.32. The highest BCUT2D eigenvalue weighted by Crippen LogP contribution is 2.40. The lowest BCUT2D eigenvalue weighted by atomic mass is 9.95. The van der Waals surface area contributed by atoms with E-state index in [4.69, 9.17) is 29.0 Å². The Balaban J connectivity index is 0.781. The van der Waals surface area contributed by atoms with Crippen molar-refractivity contribution in [2.45, 2.75) is 38.8 Å². The van der Waals surface area contributed by atoms with E-state index in [1.807, 2.05) is 24.3 Å². The van der Waals surface area contributed by atoms with Crippen LogP contribution in [0.3, 0.4) is 0 Å². The van der Waals surface area contributed by atoms with Crippen LogP contribution in [-0.4, -0.2) is 21.4 Å². The molecule has 8 aromatic carbocycles. The quantitative estimate of drug-likeness (QED) is 0.144. The summed E-state index contributed by atoms with van der Waals surface area (Å²) in [5.74, 6) is 1.23. The van der Waals surface area contributed by atoms with Gasteiger partial charge in [0.25, 0.3) is 0 Å². The number of fused-ring (bicyclic) bond motifs is 2. The predicted molar refractivity (Wildman–Crippen MR) is 266 cm³/mol. The molecule has 2 aliphatic rings. The third-order valence-corrected chi connectivity index (χ3v) is 12.8. The zero-order chi connectivity index (χ0) is 44.1. The van der Waals surface area contributed by atoms with E-state index in [1.165, 1.54) is 11.1 Å². The Hall–Kier alpha value is -8.36. The number of aryl methyl sites for hydroxylation is 2. The molecule has 0 saturated carbocycles. The van der Waals surface area contributed by atoms with Gasteiger partial charge in [-0.3, -0.25) is 10.0 Å². The monoisotopic (exact) mass is 856 g/mol. The lowest BCUT2D eigenvalue weighted by Crippen LogP contribution is -2.18. The number of hydrogen-bond donors (Lipinski definition) is 0. The number of anilines is 2. The Morgan fingerprint density at radius 2 is 0.758 bits per heavy atom. The van der Waals surface area contributed by atoms with Crippen molar-refractivity contribution in [1.29, 1.82) is 0 Å². The van der Waals surface area contributed by atoms with Crippen molar-refractivity contribution in [1.82, 2.24) is 9.97 Å². The molecule has 66 heavy (non-hydrogen) atoms. The lowest BCUT2D eigenvalue weighted by Gasteiger charge is -2.24. The first-order valence-corrected chi connectivity index (χ1v) is 22.5. The molecule has 8 heteroatoms. The number of nitrogens with zero attached hydrogens (tertiary/aromatic N) is 6. The minimum Gasteiger partial charge on any atom is -0.436 e. The summed E-state index contributed by atoms with van der Waals surface area (Å²) in [6, 6.07) is 67.9. The third kappa shape index (κ3) is 7.42. The van der Waals surface area contributed by atoms with Gasteiger partial charge in [0, 0.05) is 24.0 Å². The summed E-state index contributed by atoms with van der Waals surface area (Å²) in [5, 5.41) is 14.8. The van der Waals surface area contributed by atoms with Crippen molar-refractivity contribution in [3.8, 4) is 34.0 Å². The molecule has 8 nitrogen and oxygen atoms in total. The van der Waals surface area contributed by atoms with Crippen molar-refractivity contribution in [2.24, 2.45) is 10.2 Å². The number of hydrogen-bond acceptors (Lipinski definition) is 8. The largest absolute Gasteiger partial charge is 0.436 e. The molecule has 2 atom stereocenters. The molecule has 0 fully saturated rings. The number of hydrazone groups is 2. The first-order chi connectivity index (χ1) is 32.5. The van der Waals surface area contributed by atoms with E-state index in [2.05, 4.69) is 194 Å². The van der Waals surface area contributed by atoms with E-state index >= 15 is 0 Å². The van der Waals surface area contributed by atoms with Crippen molar-refractivity contribution in [3.63, 3.8) is 0 Å². The summed E-state index contributed by atoms with van der Waals surface area (Å²) in [5.41, 5.74) is 18.6. The number of benzene rings is 8. The highest BCUT2D eigenvalue weighted by atomic mass is 16.4. The van der Waals surface area contributed by atoms with E-state index in [-0.39, 0.29) is 12.1 Å². The zero-order valence-electron chi connectivity index (χ0n) is 36.5. The van der Waals surface area contributed by atoms with Gasteiger partial charge in [-0.15, -0.1) is 0 Å². The molecule has 0 aliphatic carbocycles. The summed E-state index contributed by atoms with van der Waals surface area (Å²) in [6.07, 6.45) is 1.57. The van der Waals surface area contributed by atoms with E-state index in [0.717, 1.165) is 102 Å². The van der Waals surface area contributed by atoms with Crippen LogP contribution in [0.2, 0.25) is 0 Å². The van der Waals surface area contributed by atoms with Crippen LogP contribution in [0.15, 0.2) is 213 Å². The number of aromatic nitrogens is 2. The molecule has 2 aromatic heterocycles. The summed E-state index contributed by atoms with van der Waals surface area (Å²) in [6.45, 7) is 4.13. The molecule has 0 amide bonds. The predicted octanol–water partition coefficient (Wildman–Crippen LogP) is 14.3. The van der Waals surface area contributed by atoms with Crippen molar-refractivity contribution in [3.05, 3.63) is 228 Å². The lowest BCUT2D eigenvalue weighted by molar-refractivity contribution is 0.619. The van der Waals surface area contributed by atoms with Gasteiger partial charge in [-0.2, -0.15) is 10.2 Å². The van der Waals surface area contributed by atoms with Crippen LogP contribution in [0.1, 0.15) is 58.3 Å². The van der Waals surface area contributed by atoms with Crippen LogP contribution in [0.5, 0.6) is 0 Å². The summed E-state index contributed by atoms with van der Waals surface area (Å²) in [7, 11) is 0. The molecule has 0 bridgehead atoms. The maximum atomic E-state index is 6.11. The molecule has 2 aliphatic heterocycles. The standard InChI is InChI=1S/C58H44N6O2/c1-37-13-31-55-51(33-37)59-57(65-55)45-23-27-47(28-24-45)63-53(43-9-5-3-6-10-43)35-49(61-63)41-19-15-39(16-20-41)40-17-21-42(22-18-40)50-36-54(44-11-7-4-8-12-44)64(62-50)48-29-25-46(26-30-48)58-60-52-34-38(2)14-32-56(52)66-58/h3-34,53-54H,35-36H2,1-2H3. The molecule has 318 valence electrons. The Labute approximate surface area is 382 Å². The average Bonchev–Trinajstić information content (AvgIpc) is 4.20. The highest BCUT2D eigenvalue weighted by molar-refractivity contribution is 6.04. The second kappa shape index (κ2) is 16.3. The third-order valence-electron chi connectivity index (χ3n) is 12.8. The maximum Gasteiger partial charge on any atom is 0.227 e. The Morgan fingerprint density at radius 1 is 0.394 bits per heavy atom. The van der Waals surface area contributed by atoms with Crippen molar-refractivity contribution in [2.75, 3.05) is 10.0 Å². The number of oxazole rings is 2. The summed E-state index contributed by atoms with van der Waals surface area (Å²) >= 11 is 0. The van der Waals surface area contributed by atoms with E-state index in [1.54, 1.807) is 0 Å². The fourth-order valence-electron chi connectivity index (χ4n) is 9.26. The van der Waals surface area contributed by atoms with Gasteiger partial charge in [0.15, 0.2) is 11.2 Å². The molecule has 0 N–H and O–H groups in total. The molecule has 2 unspecified atom stereocenters. The molecule has 10 aromatic rings. The number of rotatable bonds is 9. The molecule has 0 saturated heterocycles. The van der Waals surface area contributed by atoms with E-state index in [0.29, 0.717) is 11.8 Å². The van der Waals surface area contributed by atoms with Gasteiger partial charge in [-0.25, -0.2) is 9.97 Å². The second-order valence-corrected chi connectivity index (χ2v) is 17.3. The second-order valence-electron chi connectivity index (χ2n) is 17.3. The van der Waals surface area contributed by atoms with Gasteiger partial charge in [0.1, 0.15) is 11.0 Å². The zero-order valence-corrected chi connectivity index (χ0v) is 36.5. The van der Waals surface area contributed by atoms with E-state index < -0.39 is 0 Å². The van der Waals surface area contributed by atoms with Gasteiger partial charge in [-0.1, -0.05) is 121 Å². The van der Waals surface area contributed by atoms with Crippen LogP contribution in [0, 0.1) is 13.8 Å². The van der Waals surface area contributed by atoms with Gasteiger partial charge >= 0.3 is 0 Å². The minimum atomic E-state index is 0.0613. The smallest absolute Gasteiger partial charge is 0.227 e. The fourth-order valence-corrected chi connectivity index (χ4v) is 9.26. The topological polar surface area (TPSA) is 83.3 Å². The molecular weight excluding hydrogens is 813 g/mol. The minimum absolute atomic E-state index is 0.0613. The van der Waals surface area contributed by atoms with Crippen molar-refractivity contribution >= 4 is 45.0 Å². The Kier molecular flexibility index (Phi) is 9.71. The van der Waals surface area contributed by atoms with E-state index in [9.17, 15) is 0 Å². The molecule has 12 rings (SSSR count). The van der Waals surface area contributed by atoms with Gasteiger partial charge in [0.05, 0.1) is 34.9 Å². The maximum absolute atomic E-state index is 6.11. The van der Waals surface area contributed by atoms with Gasteiger partial charge in [0.2, 0.25) is 11.8 Å². The van der Waals surface area contributed by atoms with Crippen LogP contribution in [0.4, 0.5) is 11.4 Å². The van der Waals surface area contributed by atoms with Gasteiger partial charge in [-0.05, 0) is 131 Å². The SMILES string of the molecule is Cc1ccc2oc(-c3ccc(N4N=C(c5ccc(-c6ccc(C7=NN(c8ccc(-c9nc%10cc(C)ccc%10o9)cc8)C(c8ccccc8)C7)cc6)cc5)CC4c4ccccc4)cc3)nc2c1. The summed E-state index contributed by atoms with van der Waals surface area (Å²) in [4.78, 5) is 9.52. The van der Waals surface area contributed by atoms with Crippen LogP contribution < -0.4 is 10.0 Å².